The van der Waals surface area contributed by atoms with E-state index in [2.05, 4.69) is 16.0 Å². The number of carboxylic acids is 2. The van der Waals surface area contributed by atoms with Crippen molar-refractivity contribution in [2.75, 3.05) is 0 Å². The lowest BCUT2D eigenvalue weighted by atomic mass is 10.0. The van der Waals surface area contributed by atoms with Crippen molar-refractivity contribution in [1.29, 1.82) is 0 Å². The van der Waals surface area contributed by atoms with Gasteiger partial charge < -0.3 is 43.4 Å². The van der Waals surface area contributed by atoms with Gasteiger partial charge in [-0.3, -0.25) is 28.8 Å². The first-order chi connectivity index (χ1) is 16.6. The molecule has 0 aliphatic heterocycles. The molecule has 36 heavy (non-hydrogen) atoms. The van der Waals surface area contributed by atoms with E-state index >= 15 is 0 Å². The lowest BCUT2D eigenvalue weighted by molar-refractivity contribution is -0.143. The Hall–Kier alpha value is -3.75. The molecule has 15 heteroatoms. The summed E-state index contributed by atoms with van der Waals surface area (Å²) in [6, 6.07) is -5.34. The van der Waals surface area contributed by atoms with Crippen LogP contribution in [0.2, 0.25) is 0 Å². The standard InChI is InChI=1S/C21H36N6O9/c1-10(2)9-11(22)18(32)25-12(3-6-15(23)28)19(33)26-13(5-8-17(30)31)20(34)27-14(21(35)36)4-7-16(24)29/h10-14H,3-9,22H2,1-2H3,(H2,23,28)(H2,24,29)(H,25,32)(H,26,33)(H,27,34)(H,30,31)(H,35,36). The van der Waals surface area contributed by atoms with Crippen molar-refractivity contribution in [2.24, 2.45) is 23.1 Å². The largest absolute Gasteiger partial charge is 0.481 e. The second-order valence-corrected chi connectivity index (χ2v) is 8.70. The van der Waals surface area contributed by atoms with E-state index in [-0.39, 0.29) is 31.6 Å². The van der Waals surface area contributed by atoms with Crippen LogP contribution in [0.1, 0.15) is 58.8 Å². The topological polar surface area (TPSA) is 274 Å². The zero-order valence-electron chi connectivity index (χ0n) is 20.3. The lowest BCUT2D eigenvalue weighted by Gasteiger charge is -2.25. The number of rotatable bonds is 18. The third kappa shape index (κ3) is 13.8. The van der Waals surface area contributed by atoms with Crippen LogP contribution < -0.4 is 33.2 Å². The van der Waals surface area contributed by atoms with Crippen LogP contribution in [-0.2, 0) is 33.6 Å². The maximum absolute atomic E-state index is 12.9. The summed E-state index contributed by atoms with van der Waals surface area (Å²) in [6.07, 6.45) is -1.87. The molecule has 0 aliphatic rings. The van der Waals surface area contributed by atoms with Crippen LogP contribution in [-0.4, -0.2) is 75.9 Å². The first kappa shape index (κ1) is 32.2. The molecular formula is C21H36N6O9. The number of aliphatic carboxylic acids is 2. The molecule has 0 spiro atoms. The average Bonchev–Trinajstić information content (AvgIpc) is 2.75. The minimum Gasteiger partial charge on any atom is -0.481 e. The summed E-state index contributed by atoms with van der Waals surface area (Å²) in [4.78, 5) is 82.7. The van der Waals surface area contributed by atoms with Gasteiger partial charge in [0.25, 0.3) is 0 Å². The van der Waals surface area contributed by atoms with Crippen LogP contribution in [0.15, 0.2) is 0 Å². The number of carboxylic acid groups (broad SMARTS) is 2. The average molecular weight is 517 g/mol. The molecule has 0 saturated carbocycles. The van der Waals surface area contributed by atoms with Crippen molar-refractivity contribution in [1.82, 2.24) is 16.0 Å². The Bertz CT molecular complexity index is 833. The van der Waals surface area contributed by atoms with Crippen molar-refractivity contribution in [3.05, 3.63) is 0 Å². The predicted molar refractivity (Wildman–Crippen MR) is 125 cm³/mol. The molecule has 15 nitrogen and oxygen atoms in total. The maximum atomic E-state index is 12.9. The van der Waals surface area contributed by atoms with Crippen molar-refractivity contribution in [3.63, 3.8) is 0 Å². The molecule has 0 aromatic rings. The summed E-state index contributed by atoms with van der Waals surface area (Å²) < 4.78 is 0. The highest BCUT2D eigenvalue weighted by Crippen LogP contribution is 2.07. The third-order valence-corrected chi connectivity index (χ3v) is 4.95. The van der Waals surface area contributed by atoms with Crippen molar-refractivity contribution in [2.45, 2.75) is 83.0 Å². The van der Waals surface area contributed by atoms with Gasteiger partial charge in [-0.1, -0.05) is 13.8 Å². The zero-order valence-corrected chi connectivity index (χ0v) is 20.3. The third-order valence-electron chi connectivity index (χ3n) is 4.95. The molecule has 204 valence electrons. The number of amides is 5. The number of carbonyl (C=O) groups excluding carboxylic acids is 5. The Balaban J connectivity index is 5.64. The summed E-state index contributed by atoms with van der Waals surface area (Å²) in [5.41, 5.74) is 16.0. The van der Waals surface area contributed by atoms with Gasteiger partial charge in [-0.05, 0) is 31.6 Å². The summed E-state index contributed by atoms with van der Waals surface area (Å²) in [5.74, 6) is -6.89. The molecule has 0 rings (SSSR count). The van der Waals surface area contributed by atoms with Gasteiger partial charge in [0, 0.05) is 19.3 Å². The van der Waals surface area contributed by atoms with Gasteiger partial charge in [0.2, 0.25) is 29.5 Å². The monoisotopic (exact) mass is 516 g/mol. The number of carbonyl (C=O) groups is 7. The first-order valence-electron chi connectivity index (χ1n) is 11.3. The Morgan fingerprint density at radius 2 is 1.06 bits per heavy atom. The highest BCUT2D eigenvalue weighted by Gasteiger charge is 2.31. The minimum atomic E-state index is -1.53. The van der Waals surface area contributed by atoms with Gasteiger partial charge in [-0.15, -0.1) is 0 Å². The highest BCUT2D eigenvalue weighted by molar-refractivity contribution is 5.94. The van der Waals surface area contributed by atoms with E-state index in [9.17, 15) is 38.7 Å². The van der Waals surface area contributed by atoms with Crippen LogP contribution in [0.5, 0.6) is 0 Å². The number of nitrogens with one attached hydrogen (secondary N) is 3. The van der Waals surface area contributed by atoms with Crippen molar-refractivity contribution >= 4 is 41.5 Å². The van der Waals surface area contributed by atoms with E-state index < -0.39 is 78.5 Å². The van der Waals surface area contributed by atoms with Crippen LogP contribution in [0, 0.1) is 5.92 Å². The molecule has 0 radical (unpaired) electrons. The summed E-state index contributed by atoms with van der Waals surface area (Å²) in [5, 5.41) is 25.1. The molecule has 0 aromatic carbocycles. The predicted octanol–water partition coefficient (Wildman–Crippen LogP) is -2.71. The SMILES string of the molecule is CC(C)CC(N)C(=O)NC(CCC(N)=O)C(=O)NC(CCC(=O)O)C(=O)NC(CCC(N)=O)C(=O)O. The normalized spacial score (nSPS) is 14.1. The molecule has 5 amide bonds. The number of nitrogens with two attached hydrogens (primary N) is 3. The molecule has 0 fully saturated rings. The molecule has 11 N–H and O–H groups in total. The molecule has 0 heterocycles. The fourth-order valence-electron chi connectivity index (χ4n) is 3.07. The van der Waals surface area contributed by atoms with E-state index in [4.69, 9.17) is 22.3 Å². The van der Waals surface area contributed by atoms with E-state index in [1.807, 2.05) is 13.8 Å². The fourth-order valence-corrected chi connectivity index (χ4v) is 3.07. The molecule has 0 saturated heterocycles. The van der Waals surface area contributed by atoms with E-state index in [0.29, 0.717) is 6.42 Å². The minimum absolute atomic E-state index is 0.0736. The molecular weight excluding hydrogens is 480 g/mol. The van der Waals surface area contributed by atoms with Gasteiger partial charge >= 0.3 is 11.9 Å². The van der Waals surface area contributed by atoms with Crippen molar-refractivity contribution in [3.8, 4) is 0 Å². The van der Waals surface area contributed by atoms with Gasteiger partial charge in [0.1, 0.15) is 18.1 Å². The lowest BCUT2D eigenvalue weighted by Crippen LogP contribution is -2.57. The second kappa shape index (κ2) is 16.0. The van der Waals surface area contributed by atoms with Gasteiger partial charge in [0.15, 0.2) is 0 Å². The van der Waals surface area contributed by atoms with E-state index in [1.165, 1.54) is 0 Å². The summed E-state index contributed by atoms with van der Waals surface area (Å²) in [6.45, 7) is 3.67. The molecule has 4 atom stereocenters. The van der Waals surface area contributed by atoms with E-state index in [0.717, 1.165) is 0 Å². The summed E-state index contributed by atoms with van der Waals surface area (Å²) >= 11 is 0. The van der Waals surface area contributed by atoms with Crippen LogP contribution in [0.25, 0.3) is 0 Å². The van der Waals surface area contributed by atoms with Gasteiger partial charge in [-0.25, -0.2) is 4.79 Å². The molecule has 0 aromatic heterocycles. The molecule has 4 unspecified atom stereocenters. The first-order valence-corrected chi connectivity index (χ1v) is 11.3. The maximum Gasteiger partial charge on any atom is 0.326 e. The Morgan fingerprint density at radius 1 is 0.667 bits per heavy atom. The summed E-state index contributed by atoms with van der Waals surface area (Å²) in [7, 11) is 0. The van der Waals surface area contributed by atoms with Crippen LogP contribution in [0.4, 0.5) is 0 Å². The zero-order chi connectivity index (χ0) is 28.0. The number of hydrogen-bond acceptors (Lipinski definition) is 8. The Labute approximate surface area is 207 Å². The molecule has 0 aliphatic carbocycles. The quantitative estimate of drug-likeness (QED) is 0.0932. The highest BCUT2D eigenvalue weighted by atomic mass is 16.4. The van der Waals surface area contributed by atoms with E-state index in [1.54, 1.807) is 0 Å². The second-order valence-electron chi connectivity index (χ2n) is 8.70. The smallest absolute Gasteiger partial charge is 0.326 e. The van der Waals surface area contributed by atoms with Gasteiger partial charge in [0.05, 0.1) is 6.04 Å². The number of hydrogen-bond donors (Lipinski definition) is 8. The fraction of sp³-hybridized carbons (Fsp3) is 0.667. The Kier molecular flexibility index (Phi) is 14.4. The van der Waals surface area contributed by atoms with Crippen molar-refractivity contribution < 1.29 is 43.8 Å². The van der Waals surface area contributed by atoms with Crippen LogP contribution in [0.3, 0.4) is 0 Å². The van der Waals surface area contributed by atoms with Crippen LogP contribution >= 0.6 is 0 Å². The molecule has 0 bridgehead atoms. The number of primary amides is 2. The van der Waals surface area contributed by atoms with Gasteiger partial charge in [-0.2, -0.15) is 0 Å². The Morgan fingerprint density at radius 3 is 1.44 bits per heavy atom.